The van der Waals surface area contributed by atoms with E-state index >= 15 is 0 Å². The Morgan fingerprint density at radius 3 is 2.79 bits per heavy atom. The zero-order chi connectivity index (χ0) is 14.3. The van der Waals surface area contributed by atoms with Gasteiger partial charge in [-0.05, 0) is 26.3 Å². The first-order chi connectivity index (χ1) is 8.88. The summed E-state index contributed by atoms with van der Waals surface area (Å²) >= 11 is 0. The highest BCUT2D eigenvalue weighted by Gasteiger charge is 2.27. The van der Waals surface area contributed by atoms with Crippen molar-refractivity contribution >= 4 is 5.91 Å². The van der Waals surface area contributed by atoms with Crippen molar-refractivity contribution in [2.75, 3.05) is 19.8 Å². The zero-order valence-electron chi connectivity index (χ0n) is 11.1. The molecule has 0 aliphatic carbocycles. The van der Waals surface area contributed by atoms with Gasteiger partial charge in [0.1, 0.15) is 6.61 Å². The molecule has 0 saturated carbocycles. The minimum Gasteiger partial charge on any atom is -0.372 e. The molecule has 1 aliphatic rings. The van der Waals surface area contributed by atoms with Crippen molar-refractivity contribution in [1.82, 2.24) is 10.6 Å². The SMILES string of the molecule is CC(NC(=O)CCOCC(F)(F)F)C1CCCCN1. The summed E-state index contributed by atoms with van der Waals surface area (Å²) in [6, 6.07) is 0.226. The second-order valence-electron chi connectivity index (χ2n) is 4.83. The lowest BCUT2D eigenvalue weighted by Crippen LogP contribution is -2.50. The molecule has 2 unspecified atom stereocenters. The summed E-state index contributed by atoms with van der Waals surface area (Å²) in [5, 5.41) is 6.10. The van der Waals surface area contributed by atoms with Gasteiger partial charge in [0.15, 0.2) is 0 Å². The van der Waals surface area contributed by atoms with Crippen LogP contribution in [-0.4, -0.2) is 43.9 Å². The molecule has 112 valence electrons. The summed E-state index contributed by atoms with van der Waals surface area (Å²) in [6.45, 7) is 1.33. The van der Waals surface area contributed by atoms with Crippen LogP contribution >= 0.6 is 0 Å². The van der Waals surface area contributed by atoms with E-state index in [0.717, 1.165) is 25.8 Å². The molecule has 1 fully saturated rings. The van der Waals surface area contributed by atoms with Gasteiger partial charge in [-0.3, -0.25) is 4.79 Å². The monoisotopic (exact) mass is 282 g/mol. The van der Waals surface area contributed by atoms with Gasteiger partial charge < -0.3 is 15.4 Å². The molecule has 0 aromatic rings. The summed E-state index contributed by atoms with van der Waals surface area (Å²) in [6.07, 6.45) is -1.11. The quantitative estimate of drug-likeness (QED) is 0.728. The standard InChI is InChI=1S/C12H21F3N2O2/c1-9(10-4-2-3-6-16-10)17-11(18)5-7-19-8-12(13,14)15/h9-10,16H,2-8H2,1H3,(H,17,18). The lowest BCUT2D eigenvalue weighted by Gasteiger charge is -2.29. The normalized spacial score (nSPS) is 22.0. The maximum atomic E-state index is 11.8. The fourth-order valence-corrected chi connectivity index (χ4v) is 2.09. The molecule has 1 amide bonds. The number of hydrogen-bond donors (Lipinski definition) is 2. The molecule has 1 heterocycles. The maximum Gasteiger partial charge on any atom is 0.411 e. The molecular formula is C12H21F3N2O2. The molecule has 2 N–H and O–H groups in total. The number of rotatable bonds is 6. The van der Waals surface area contributed by atoms with Crippen molar-refractivity contribution in [3.63, 3.8) is 0 Å². The third-order valence-corrected chi connectivity index (χ3v) is 3.08. The Morgan fingerprint density at radius 1 is 1.47 bits per heavy atom. The van der Waals surface area contributed by atoms with E-state index in [-0.39, 0.29) is 31.0 Å². The number of hydrogen-bond acceptors (Lipinski definition) is 3. The number of piperidine rings is 1. The van der Waals surface area contributed by atoms with Gasteiger partial charge in [0, 0.05) is 18.5 Å². The van der Waals surface area contributed by atoms with E-state index in [1.807, 2.05) is 6.92 Å². The van der Waals surface area contributed by atoms with Crippen LogP contribution in [0.2, 0.25) is 0 Å². The van der Waals surface area contributed by atoms with Crippen LogP contribution in [0.15, 0.2) is 0 Å². The Balaban J connectivity index is 2.12. The van der Waals surface area contributed by atoms with Gasteiger partial charge in [-0.15, -0.1) is 0 Å². The third kappa shape index (κ3) is 7.37. The number of alkyl halides is 3. The summed E-state index contributed by atoms with van der Waals surface area (Å²) in [4.78, 5) is 11.5. The number of halogens is 3. The highest BCUT2D eigenvalue weighted by molar-refractivity contribution is 5.76. The molecule has 1 aliphatic heterocycles. The highest BCUT2D eigenvalue weighted by Crippen LogP contribution is 2.14. The van der Waals surface area contributed by atoms with E-state index in [2.05, 4.69) is 15.4 Å². The molecular weight excluding hydrogens is 261 g/mol. The fourth-order valence-electron chi connectivity index (χ4n) is 2.09. The van der Waals surface area contributed by atoms with E-state index in [1.54, 1.807) is 0 Å². The van der Waals surface area contributed by atoms with E-state index in [1.165, 1.54) is 0 Å². The van der Waals surface area contributed by atoms with E-state index in [9.17, 15) is 18.0 Å². The van der Waals surface area contributed by atoms with Gasteiger partial charge in [-0.25, -0.2) is 0 Å². The molecule has 19 heavy (non-hydrogen) atoms. The van der Waals surface area contributed by atoms with Crippen molar-refractivity contribution in [1.29, 1.82) is 0 Å². The molecule has 1 saturated heterocycles. The molecule has 7 heteroatoms. The van der Waals surface area contributed by atoms with E-state index < -0.39 is 12.8 Å². The Morgan fingerprint density at radius 2 is 2.21 bits per heavy atom. The Bertz CT molecular complexity index is 279. The van der Waals surface area contributed by atoms with Crippen molar-refractivity contribution in [2.24, 2.45) is 0 Å². The summed E-state index contributed by atoms with van der Waals surface area (Å²) in [5.41, 5.74) is 0. The predicted octanol–water partition coefficient (Wildman–Crippen LogP) is 1.60. The van der Waals surface area contributed by atoms with Gasteiger partial charge >= 0.3 is 6.18 Å². The van der Waals surface area contributed by atoms with Crippen LogP contribution in [0.3, 0.4) is 0 Å². The molecule has 0 aromatic heterocycles. The van der Waals surface area contributed by atoms with Gasteiger partial charge in [0.05, 0.1) is 6.61 Å². The number of carbonyl (C=O) groups excluding carboxylic acids is 1. The average Bonchev–Trinajstić information content (AvgIpc) is 2.34. The lowest BCUT2D eigenvalue weighted by molar-refractivity contribution is -0.174. The van der Waals surface area contributed by atoms with Crippen LogP contribution in [0.4, 0.5) is 13.2 Å². The van der Waals surface area contributed by atoms with Crippen molar-refractivity contribution in [3.05, 3.63) is 0 Å². The van der Waals surface area contributed by atoms with Crippen molar-refractivity contribution in [3.8, 4) is 0 Å². The fraction of sp³-hybridized carbons (Fsp3) is 0.917. The Kier molecular flexibility index (Phi) is 6.57. The number of nitrogens with one attached hydrogen (secondary N) is 2. The molecule has 1 rings (SSSR count). The van der Waals surface area contributed by atoms with Crippen molar-refractivity contribution in [2.45, 2.75) is 50.9 Å². The van der Waals surface area contributed by atoms with Crippen LogP contribution < -0.4 is 10.6 Å². The number of carbonyl (C=O) groups is 1. The molecule has 4 nitrogen and oxygen atoms in total. The maximum absolute atomic E-state index is 11.8. The van der Waals surface area contributed by atoms with Crippen molar-refractivity contribution < 1.29 is 22.7 Å². The van der Waals surface area contributed by atoms with Crippen LogP contribution in [0.1, 0.15) is 32.6 Å². The van der Waals surface area contributed by atoms with Crippen LogP contribution in [0.25, 0.3) is 0 Å². The molecule has 0 aromatic carbocycles. The minimum absolute atomic E-state index is 0.0181. The van der Waals surface area contributed by atoms with Crippen LogP contribution in [0.5, 0.6) is 0 Å². The third-order valence-electron chi connectivity index (χ3n) is 3.08. The van der Waals surface area contributed by atoms with E-state index in [4.69, 9.17) is 0 Å². The topological polar surface area (TPSA) is 50.4 Å². The van der Waals surface area contributed by atoms with Crippen LogP contribution in [0, 0.1) is 0 Å². The van der Waals surface area contributed by atoms with Gasteiger partial charge in [-0.1, -0.05) is 6.42 Å². The molecule has 0 spiro atoms. The summed E-state index contributed by atoms with van der Waals surface area (Å²) in [5.74, 6) is -0.276. The number of amides is 1. The Labute approximate surface area is 111 Å². The predicted molar refractivity (Wildman–Crippen MR) is 64.7 cm³/mol. The Hall–Kier alpha value is -0.820. The first kappa shape index (κ1) is 16.2. The molecule has 2 atom stereocenters. The first-order valence-electron chi connectivity index (χ1n) is 6.56. The lowest BCUT2D eigenvalue weighted by atomic mass is 9.99. The van der Waals surface area contributed by atoms with E-state index in [0.29, 0.717) is 0 Å². The second-order valence-corrected chi connectivity index (χ2v) is 4.83. The largest absolute Gasteiger partial charge is 0.411 e. The zero-order valence-corrected chi connectivity index (χ0v) is 11.1. The average molecular weight is 282 g/mol. The van der Waals surface area contributed by atoms with Gasteiger partial charge in [-0.2, -0.15) is 13.2 Å². The second kappa shape index (κ2) is 7.69. The summed E-state index contributed by atoms with van der Waals surface area (Å²) < 4.78 is 39.8. The smallest absolute Gasteiger partial charge is 0.372 e. The number of ether oxygens (including phenoxy) is 1. The van der Waals surface area contributed by atoms with Crippen LogP contribution in [-0.2, 0) is 9.53 Å². The molecule has 0 bridgehead atoms. The summed E-state index contributed by atoms with van der Waals surface area (Å²) in [7, 11) is 0. The first-order valence-corrected chi connectivity index (χ1v) is 6.56. The van der Waals surface area contributed by atoms with Gasteiger partial charge in [0.25, 0.3) is 0 Å². The minimum atomic E-state index is -4.34. The highest BCUT2D eigenvalue weighted by atomic mass is 19.4. The molecule has 0 radical (unpaired) electrons. The van der Waals surface area contributed by atoms with Gasteiger partial charge in [0.2, 0.25) is 5.91 Å².